The van der Waals surface area contributed by atoms with Gasteiger partial charge in [0.25, 0.3) is 0 Å². The number of ketones is 1. The minimum Gasteiger partial charge on any atom is -0.493 e. The lowest BCUT2D eigenvalue weighted by Gasteiger charge is -2.16. The molecule has 5 nitrogen and oxygen atoms in total. The second-order valence-corrected chi connectivity index (χ2v) is 6.27. The molecule has 1 atom stereocenters. The molecule has 0 aliphatic heterocycles. The molecule has 2 aromatic carbocycles. The minimum absolute atomic E-state index is 0.212. The number of methoxy groups -OCH3 is 2. The average molecular weight is 354 g/mol. The predicted molar refractivity (Wildman–Crippen MR) is 96.5 cm³/mol. The van der Waals surface area contributed by atoms with Gasteiger partial charge in [-0.1, -0.05) is 30.3 Å². The third-order valence-corrected chi connectivity index (χ3v) is 4.63. The van der Waals surface area contributed by atoms with Gasteiger partial charge in [0.1, 0.15) is 12.5 Å². The van der Waals surface area contributed by atoms with Crippen molar-refractivity contribution in [3.63, 3.8) is 0 Å². The molecule has 0 spiro atoms. The van der Waals surface area contributed by atoms with Crippen molar-refractivity contribution in [1.82, 2.24) is 0 Å². The summed E-state index contributed by atoms with van der Waals surface area (Å²) in [5, 5.41) is 0. The third kappa shape index (κ3) is 3.72. The van der Waals surface area contributed by atoms with Crippen LogP contribution in [0, 0.1) is 5.92 Å². The Labute approximate surface area is 152 Å². The number of aryl methyl sites for hydroxylation is 1. The van der Waals surface area contributed by atoms with Crippen LogP contribution in [0.2, 0.25) is 0 Å². The van der Waals surface area contributed by atoms with Crippen LogP contribution in [0.15, 0.2) is 42.5 Å². The number of hydrogen-bond acceptors (Lipinski definition) is 5. The van der Waals surface area contributed by atoms with Crippen LogP contribution < -0.4 is 9.47 Å². The highest BCUT2D eigenvalue weighted by Crippen LogP contribution is 2.35. The summed E-state index contributed by atoms with van der Waals surface area (Å²) in [6.07, 6.45) is 1.94. The number of benzene rings is 2. The summed E-state index contributed by atoms with van der Waals surface area (Å²) in [6, 6.07) is 13.3. The molecule has 0 saturated heterocycles. The van der Waals surface area contributed by atoms with Crippen LogP contribution in [0.25, 0.3) is 0 Å². The number of carbonyl (C=O) groups excluding carboxylic acids is 2. The molecule has 1 unspecified atom stereocenters. The van der Waals surface area contributed by atoms with Gasteiger partial charge >= 0.3 is 5.97 Å². The highest BCUT2D eigenvalue weighted by Gasteiger charge is 2.32. The van der Waals surface area contributed by atoms with E-state index in [-0.39, 0.29) is 5.78 Å². The van der Waals surface area contributed by atoms with Gasteiger partial charge in [-0.25, -0.2) is 0 Å². The Morgan fingerprint density at radius 2 is 1.88 bits per heavy atom. The summed E-state index contributed by atoms with van der Waals surface area (Å²) in [7, 11) is 2.89. The summed E-state index contributed by atoms with van der Waals surface area (Å²) in [5.41, 5.74) is 2.41. The molecule has 0 bridgehead atoms. The smallest absolute Gasteiger partial charge is 0.316 e. The minimum atomic E-state index is -0.753. The lowest BCUT2D eigenvalue weighted by molar-refractivity contribution is -0.143. The van der Waals surface area contributed by atoms with E-state index in [0.29, 0.717) is 36.5 Å². The summed E-state index contributed by atoms with van der Waals surface area (Å²) in [5.74, 6) is -0.364. The zero-order valence-corrected chi connectivity index (χ0v) is 15.0. The zero-order valence-electron chi connectivity index (χ0n) is 15.0. The lowest BCUT2D eigenvalue weighted by Crippen LogP contribution is -2.24. The highest BCUT2D eigenvalue weighted by atomic mass is 16.5. The van der Waals surface area contributed by atoms with Gasteiger partial charge in [0.05, 0.1) is 14.2 Å². The Bertz CT molecular complexity index is 798. The molecule has 26 heavy (non-hydrogen) atoms. The summed E-state index contributed by atoms with van der Waals surface area (Å²) in [4.78, 5) is 24.8. The Kier molecular flexibility index (Phi) is 5.56. The first-order valence-electron chi connectivity index (χ1n) is 8.63. The largest absolute Gasteiger partial charge is 0.493 e. The molecular formula is C21H22O5. The Morgan fingerprint density at radius 3 is 2.58 bits per heavy atom. The number of esters is 1. The van der Waals surface area contributed by atoms with Gasteiger partial charge in [0.2, 0.25) is 0 Å². The number of ether oxygens (including phenoxy) is 3. The quantitative estimate of drug-likeness (QED) is 0.467. The predicted octanol–water partition coefficient (Wildman–Crippen LogP) is 3.58. The van der Waals surface area contributed by atoms with Crippen molar-refractivity contribution in [2.45, 2.75) is 25.9 Å². The van der Waals surface area contributed by atoms with Gasteiger partial charge in [0.15, 0.2) is 17.3 Å². The summed E-state index contributed by atoms with van der Waals surface area (Å²) >= 11 is 0. The van der Waals surface area contributed by atoms with E-state index in [0.717, 1.165) is 17.5 Å². The van der Waals surface area contributed by atoms with Crippen LogP contribution in [0.1, 0.15) is 34.3 Å². The van der Waals surface area contributed by atoms with E-state index in [4.69, 9.17) is 14.2 Å². The molecule has 0 heterocycles. The van der Waals surface area contributed by atoms with Crippen LogP contribution in [-0.2, 0) is 22.6 Å². The molecule has 0 saturated carbocycles. The van der Waals surface area contributed by atoms with E-state index in [1.54, 1.807) is 13.2 Å². The van der Waals surface area contributed by atoms with Gasteiger partial charge in [-0.2, -0.15) is 0 Å². The SMILES string of the molecule is COC(=O)C1CCCc2cc(OC)c(OCc3ccccc3)cc2C1=O. The molecule has 136 valence electrons. The van der Waals surface area contributed by atoms with E-state index in [2.05, 4.69) is 0 Å². The zero-order chi connectivity index (χ0) is 18.5. The molecule has 5 heteroatoms. The van der Waals surface area contributed by atoms with Crippen molar-refractivity contribution in [2.24, 2.45) is 5.92 Å². The molecule has 0 amide bonds. The standard InChI is InChI=1S/C21H22O5/c1-24-18-11-15-9-6-10-16(21(23)25-2)20(22)17(15)12-19(18)26-13-14-7-4-3-5-8-14/h3-5,7-8,11-12,16H,6,9-10,13H2,1-2H3. The van der Waals surface area contributed by atoms with Gasteiger partial charge in [-0.3, -0.25) is 9.59 Å². The van der Waals surface area contributed by atoms with E-state index < -0.39 is 11.9 Å². The number of Topliss-reactive ketones (excluding diaryl/α,β-unsaturated/α-hetero) is 1. The number of fused-ring (bicyclic) bond motifs is 1. The lowest BCUT2D eigenvalue weighted by atomic mass is 9.95. The molecule has 0 N–H and O–H groups in total. The van der Waals surface area contributed by atoms with E-state index in [1.165, 1.54) is 7.11 Å². The van der Waals surface area contributed by atoms with E-state index >= 15 is 0 Å². The van der Waals surface area contributed by atoms with Crippen LogP contribution in [0.5, 0.6) is 11.5 Å². The van der Waals surface area contributed by atoms with Gasteiger partial charge in [-0.15, -0.1) is 0 Å². The van der Waals surface area contributed by atoms with Gasteiger partial charge < -0.3 is 14.2 Å². The van der Waals surface area contributed by atoms with E-state index in [9.17, 15) is 9.59 Å². The second kappa shape index (κ2) is 8.04. The van der Waals surface area contributed by atoms with Crippen molar-refractivity contribution in [2.75, 3.05) is 14.2 Å². The van der Waals surface area contributed by atoms with E-state index in [1.807, 2.05) is 36.4 Å². The molecule has 1 aliphatic carbocycles. The maximum atomic E-state index is 12.9. The fourth-order valence-electron chi connectivity index (χ4n) is 3.23. The number of carbonyl (C=O) groups is 2. The third-order valence-electron chi connectivity index (χ3n) is 4.63. The molecular weight excluding hydrogens is 332 g/mol. The Hall–Kier alpha value is -2.82. The van der Waals surface area contributed by atoms with Crippen molar-refractivity contribution >= 4 is 11.8 Å². The fourth-order valence-corrected chi connectivity index (χ4v) is 3.23. The van der Waals surface area contributed by atoms with Crippen LogP contribution in [-0.4, -0.2) is 26.0 Å². The summed E-state index contributed by atoms with van der Waals surface area (Å²) in [6.45, 7) is 0.366. The van der Waals surface area contributed by atoms with Crippen molar-refractivity contribution in [1.29, 1.82) is 0 Å². The van der Waals surface area contributed by atoms with Gasteiger partial charge in [0, 0.05) is 5.56 Å². The second-order valence-electron chi connectivity index (χ2n) is 6.27. The maximum Gasteiger partial charge on any atom is 0.316 e. The molecule has 0 fully saturated rings. The molecule has 2 aromatic rings. The topological polar surface area (TPSA) is 61.8 Å². The normalized spacial score (nSPS) is 16.4. The van der Waals surface area contributed by atoms with Crippen LogP contribution in [0.3, 0.4) is 0 Å². The number of hydrogen-bond donors (Lipinski definition) is 0. The first-order chi connectivity index (χ1) is 12.6. The van der Waals surface area contributed by atoms with Gasteiger partial charge in [-0.05, 0) is 42.5 Å². The van der Waals surface area contributed by atoms with Crippen LogP contribution >= 0.6 is 0 Å². The first-order valence-corrected chi connectivity index (χ1v) is 8.63. The molecule has 1 aliphatic rings. The molecule has 0 aromatic heterocycles. The number of rotatable bonds is 5. The summed E-state index contributed by atoms with van der Waals surface area (Å²) < 4.78 is 16.1. The van der Waals surface area contributed by atoms with Crippen molar-refractivity contribution in [3.05, 3.63) is 59.2 Å². The average Bonchev–Trinajstić information content (AvgIpc) is 2.84. The first kappa shape index (κ1) is 18.0. The van der Waals surface area contributed by atoms with Crippen LogP contribution in [0.4, 0.5) is 0 Å². The van der Waals surface area contributed by atoms with Crippen molar-refractivity contribution < 1.29 is 23.8 Å². The Morgan fingerprint density at radius 1 is 1.12 bits per heavy atom. The molecule has 0 radical (unpaired) electrons. The monoisotopic (exact) mass is 354 g/mol. The fraction of sp³-hybridized carbons (Fsp3) is 0.333. The van der Waals surface area contributed by atoms with Crippen molar-refractivity contribution in [3.8, 4) is 11.5 Å². The Balaban J connectivity index is 1.91. The highest BCUT2D eigenvalue weighted by molar-refractivity contribution is 6.10. The molecule has 3 rings (SSSR count). The maximum absolute atomic E-state index is 12.9.